The lowest BCUT2D eigenvalue weighted by atomic mass is 10.1. The summed E-state index contributed by atoms with van der Waals surface area (Å²) in [5, 5.41) is 2.89. The molecule has 27 heavy (non-hydrogen) atoms. The second-order valence-electron chi connectivity index (χ2n) is 6.50. The van der Waals surface area contributed by atoms with Gasteiger partial charge in [-0.2, -0.15) is 0 Å². The van der Waals surface area contributed by atoms with Crippen molar-refractivity contribution in [3.8, 4) is 5.75 Å². The molecule has 0 unspecified atom stereocenters. The second-order valence-corrected chi connectivity index (χ2v) is 8.51. The van der Waals surface area contributed by atoms with Crippen molar-refractivity contribution in [2.45, 2.75) is 19.3 Å². The Morgan fingerprint density at radius 3 is 2.63 bits per heavy atom. The van der Waals surface area contributed by atoms with Gasteiger partial charge in [-0.1, -0.05) is 18.2 Å². The van der Waals surface area contributed by atoms with E-state index in [9.17, 15) is 13.2 Å². The van der Waals surface area contributed by atoms with Crippen LogP contribution in [-0.4, -0.2) is 40.3 Å². The van der Waals surface area contributed by atoms with E-state index in [0.717, 1.165) is 17.7 Å². The first kappa shape index (κ1) is 19.2. The normalized spacial score (nSPS) is 16.0. The minimum atomic E-state index is -3.29. The number of benzene rings is 2. The fourth-order valence-electron chi connectivity index (χ4n) is 3.10. The summed E-state index contributed by atoms with van der Waals surface area (Å²) in [6, 6.07) is 14.5. The zero-order chi connectivity index (χ0) is 19.3. The van der Waals surface area contributed by atoms with Crippen LogP contribution < -0.4 is 14.4 Å². The lowest BCUT2D eigenvalue weighted by Crippen LogP contribution is -2.38. The van der Waals surface area contributed by atoms with Gasteiger partial charge in [0.25, 0.3) is 5.91 Å². The molecule has 1 N–H and O–H groups in total. The van der Waals surface area contributed by atoms with E-state index in [1.54, 1.807) is 31.4 Å². The summed E-state index contributed by atoms with van der Waals surface area (Å²) in [6.07, 6.45) is 2.22. The van der Waals surface area contributed by atoms with E-state index in [2.05, 4.69) is 5.32 Å². The van der Waals surface area contributed by atoms with Gasteiger partial charge in [0.1, 0.15) is 5.75 Å². The number of ether oxygens (including phenoxy) is 1. The molecule has 2 aromatic rings. The average molecular weight is 388 g/mol. The van der Waals surface area contributed by atoms with Crippen molar-refractivity contribution in [2.24, 2.45) is 0 Å². The van der Waals surface area contributed by atoms with E-state index >= 15 is 0 Å². The molecule has 0 bridgehead atoms. The van der Waals surface area contributed by atoms with Crippen molar-refractivity contribution >= 4 is 21.6 Å². The number of amides is 1. The van der Waals surface area contributed by atoms with Gasteiger partial charge >= 0.3 is 0 Å². The molecule has 1 fully saturated rings. The summed E-state index contributed by atoms with van der Waals surface area (Å²) in [5.41, 5.74) is 2.12. The summed E-state index contributed by atoms with van der Waals surface area (Å²) >= 11 is 0. The number of anilines is 1. The van der Waals surface area contributed by atoms with E-state index in [0.29, 0.717) is 37.2 Å². The molecule has 0 aromatic heterocycles. The number of methoxy groups -OCH3 is 1. The monoisotopic (exact) mass is 388 g/mol. The molecule has 0 radical (unpaired) electrons. The van der Waals surface area contributed by atoms with Crippen molar-refractivity contribution in [1.82, 2.24) is 5.32 Å². The summed E-state index contributed by atoms with van der Waals surface area (Å²) in [6.45, 7) is 0.961. The van der Waals surface area contributed by atoms with Gasteiger partial charge in [-0.05, 0) is 55.2 Å². The van der Waals surface area contributed by atoms with Crippen LogP contribution in [0.25, 0.3) is 0 Å². The Balaban J connectivity index is 1.61. The van der Waals surface area contributed by atoms with Gasteiger partial charge in [0, 0.05) is 18.7 Å². The highest BCUT2D eigenvalue weighted by Gasteiger charge is 2.26. The second kappa shape index (κ2) is 8.43. The summed E-state index contributed by atoms with van der Waals surface area (Å²) < 4.78 is 31.0. The Morgan fingerprint density at radius 1 is 1.15 bits per heavy atom. The smallest absolute Gasteiger partial charge is 0.251 e. The molecule has 0 spiro atoms. The van der Waals surface area contributed by atoms with Crippen molar-refractivity contribution in [2.75, 3.05) is 30.3 Å². The molecular weight excluding hydrogens is 364 g/mol. The largest absolute Gasteiger partial charge is 0.497 e. The molecule has 2 aromatic carbocycles. The third kappa shape index (κ3) is 4.80. The van der Waals surface area contributed by atoms with Gasteiger partial charge in [0.2, 0.25) is 10.0 Å². The Labute approximate surface area is 160 Å². The van der Waals surface area contributed by atoms with Crippen molar-refractivity contribution in [3.05, 3.63) is 59.7 Å². The van der Waals surface area contributed by atoms with Crippen LogP contribution in [0.15, 0.2) is 48.5 Å². The third-order valence-corrected chi connectivity index (χ3v) is 6.47. The number of nitrogens with zero attached hydrogens (tertiary/aromatic N) is 1. The molecule has 1 saturated heterocycles. The summed E-state index contributed by atoms with van der Waals surface area (Å²) in [7, 11) is -1.66. The number of carbonyl (C=O) groups excluding carboxylic acids is 1. The van der Waals surface area contributed by atoms with Gasteiger partial charge in [0.15, 0.2) is 0 Å². The summed E-state index contributed by atoms with van der Waals surface area (Å²) in [5.74, 6) is 0.748. The van der Waals surface area contributed by atoms with Crippen molar-refractivity contribution in [3.63, 3.8) is 0 Å². The third-order valence-electron chi connectivity index (χ3n) is 4.60. The molecule has 1 aliphatic heterocycles. The number of carbonyl (C=O) groups is 1. The standard InChI is InChI=1S/C20H24N2O4S/c1-26-19-9-7-16(8-10-19)11-12-21-20(23)17-5-4-6-18(15-17)22-13-2-3-14-27(22,24)25/h4-10,15H,2-3,11-14H2,1H3,(H,21,23). The Morgan fingerprint density at radius 2 is 1.93 bits per heavy atom. The molecule has 1 aliphatic rings. The van der Waals surface area contributed by atoms with E-state index < -0.39 is 10.0 Å². The number of nitrogens with one attached hydrogen (secondary N) is 1. The predicted octanol–water partition coefficient (Wildman–Crippen LogP) is 2.60. The Kier molecular flexibility index (Phi) is 6.01. The molecule has 144 valence electrons. The lowest BCUT2D eigenvalue weighted by molar-refractivity contribution is 0.0954. The van der Waals surface area contributed by atoms with Crippen molar-refractivity contribution in [1.29, 1.82) is 0 Å². The molecule has 6 nitrogen and oxygen atoms in total. The molecule has 7 heteroatoms. The maximum absolute atomic E-state index is 12.4. The van der Waals surface area contributed by atoms with Crippen LogP contribution in [0.3, 0.4) is 0 Å². The number of sulfonamides is 1. The van der Waals surface area contributed by atoms with E-state index in [4.69, 9.17) is 4.74 Å². The van der Waals surface area contributed by atoms with Crippen LogP contribution in [0, 0.1) is 0 Å². The summed E-state index contributed by atoms with van der Waals surface area (Å²) in [4.78, 5) is 12.4. The van der Waals surface area contributed by atoms with Gasteiger partial charge < -0.3 is 10.1 Å². The van der Waals surface area contributed by atoms with Crippen LogP contribution in [0.4, 0.5) is 5.69 Å². The fourth-order valence-corrected chi connectivity index (χ4v) is 4.73. The molecule has 3 rings (SSSR count). The topological polar surface area (TPSA) is 75.7 Å². The quantitative estimate of drug-likeness (QED) is 0.825. The van der Waals surface area contributed by atoms with Gasteiger partial charge in [-0.15, -0.1) is 0 Å². The van der Waals surface area contributed by atoms with Crippen LogP contribution in [-0.2, 0) is 16.4 Å². The SMILES string of the molecule is COc1ccc(CCNC(=O)c2cccc(N3CCCCS3(=O)=O)c2)cc1. The van der Waals surface area contributed by atoms with E-state index in [1.807, 2.05) is 24.3 Å². The maximum Gasteiger partial charge on any atom is 0.251 e. The van der Waals surface area contributed by atoms with Gasteiger partial charge in [-0.25, -0.2) is 8.42 Å². The number of rotatable bonds is 6. The first-order valence-corrected chi connectivity index (χ1v) is 10.6. The van der Waals surface area contributed by atoms with E-state index in [1.165, 1.54) is 4.31 Å². The Hall–Kier alpha value is -2.54. The molecule has 1 heterocycles. The van der Waals surface area contributed by atoms with Crippen LogP contribution in [0.2, 0.25) is 0 Å². The van der Waals surface area contributed by atoms with Crippen LogP contribution in [0.5, 0.6) is 5.75 Å². The first-order chi connectivity index (χ1) is 13.0. The minimum Gasteiger partial charge on any atom is -0.497 e. The van der Waals surface area contributed by atoms with E-state index in [-0.39, 0.29) is 11.7 Å². The zero-order valence-corrected chi connectivity index (χ0v) is 16.2. The Bertz CT molecular complexity index is 894. The number of hydrogen-bond donors (Lipinski definition) is 1. The average Bonchev–Trinajstić information content (AvgIpc) is 2.68. The van der Waals surface area contributed by atoms with Crippen LogP contribution >= 0.6 is 0 Å². The maximum atomic E-state index is 12.4. The molecule has 0 aliphatic carbocycles. The van der Waals surface area contributed by atoms with Crippen molar-refractivity contribution < 1.29 is 17.9 Å². The van der Waals surface area contributed by atoms with Gasteiger partial charge in [0.05, 0.1) is 18.6 Å². The molecule has 1 amide bonds. The highest BCUT2D eigenvalue weighted by molar-refractivity contribution is 7.92. The van der Waals surface area contributed by atoms with Gasteiger partial charge in [-0.3, -0.25) is 9.10 Å². The molecule has 0 atom stereocenters. The number of hydrogen-bond acceptors (Lipinski definition) is 4. The highest BCUT2D eigenvalue weighted by Crippen LogP contribution is 2.24. The lowest BCUT2D eigenvalue weighted by Gasteiger charge is -2.28. The predicted molar refractivity (Wildman–Crippen MR) is 106 cm³/mol. The van der Waals surface area contributed by atoms with Crippen LogP contribution in [0.1, 0.15) is 28.8 Å². The first-order valence-electron chi connectivity index (χ1n) is 9.01. The molecule has 0 saturated carbocycles. The highest BCUT2D eigenvalue weighted by atomic mass is 32.2. The molecular formula is C20H24N2O4S. The fraction of sp³-hybridized carbons (Fsp3) is 0.350. The minimum absolute atomic E-state index is 0.158. The zero-order valence-electron chi connectivity index (χ0n) is 15.3.